The quantitative estimate of drug-likeness (QED) is 0.783. The summed E-state index contributed by atoms with van der Waals surface area (Å²) in [5, 5.41) is 3.69. The lowest BCUT2D eigenvalue weighted by atomic mass is 10.2. The summed E-state index contributed by atoms with van der Waals surface area (Å²) in [6, 6.07) is 7.33. The summed E-state index contributed by atoms with van der Waals surface area (Å²) in [5.41, 5.74) is 0.648. The first-order valence-electron chi connectivity index (χ1n) is 6.13. The highest BCUT2D eigenvalue weighted by atomic mass is 32.1. The third-order valence-corrected chi connectivity index (χ3v) is 3.88. The molecule has 1 N–H and O–H groups in total. The standard InChI is InChI=1S/C14H10F3N3S/c15-14(16,17)10-3-4-12-11(6-10)20-13(21-12)19-8-9-2-1-5-18-7-9/h1-7H,8H2,(H,19,20). The van der Waals surface area contributed by atoms with Crippen LogP contribution in [0, 0.1) is 0 Å². The molecular weight excluding hydrogens is 299 g/mol. The molecule has 0 saturated heterocycles. The van der Waals surface area contributed by atoms with Crippen molar-refractivity contribution in [3.8, 4) is 0 Å². The number of alkyl halides is 3. The summed E-state index contributed by atoms with van der Waals surface area (Å²) in [7, 11) is 0. The number of aromatic nitrogens is 2. The number of pyridine rings is 1. The number of benzene rings is 1. The first-order chi connectivity index (χ1) is 10.0. The van der Waals surface area contributed by atoms with E-state index in [-0.39, 0.29) is 0 Å². The van der Waals surface area contributed by atoms with Crippen LogP contribution in [0.1, 0.15) is 11.1 Å². The molecule has 0 amide bonds. The fourth-order valence-electron chi connectivity index (χ4n) is 1.86. The molecular formula is C14H10F3N3S. The molecule has 2 aromatic heterocycles. The minimum atomic E-state index is -4.35. The summed E-state index contributed by atoms with van der Waals surface area (Å²) in [6.07, 6.45) is -0.941. The maximum Gasteiger partial charge on any atom is 0.416 e. The van der Waals surface area contributed by atoms with Crippen molar-refractivity contribution in [2.75, 3.05) is 5.32 Å². The van der Waals surface area contributed by atoms with Crippen molar-refractivity contribution < 1.29 is 13.2 Å². The van der Waals surface area contributed by atoms with Gasteiger partial charge in [-0.3, -0.25) is 4.98 Å². The summed E-state index contributed by atoms with van der Waals surface area (Å²) in [6.45, 7) is 0.528. The fraction of sp³-hybridized carbons (Fsp3) is 0.143. The predicted molar refractivity (Wildman–Crippen MR) is 76.2 cm³/mol. The molecule has 0 unspecified atom stereocenters. The highest BCUT2D eigenvalue weighted by Gasteiger charge is 2.30. The molecule has 7 heteroatoms. The molecule has 0 atom stereocenters. The Morgan fingerprint density at radius 3 is 2.76 bits per heavy atom. The Hall–Kier alpha value is -2.15. The van der Waals surface area contributed by atoms with E-state index in [4.69, 9.17) is 0 Å². The summed E-state index contributed by atoms with van der Waals surface area (Å²) in [5.74, 6) is 0. The average Bonchev–Trinajstić information content (AvgIpc) is 2.87. The molecule has 0 spiro atoms. The van der Waals surface area contributed by atoms with Crippen LogP contribution in [-0.4, -0.2) is 9.97 Å². The Morgan fingerprint density at radius 1 is 1.19 bits per heavy atom. The zero-order valence-corrected chi connectivity index (χ0v) is 11.5. The topological polar surface area (TPSA) is 37.8 Å². The molecule has 0 fully saturated rings. The van der Waals surface area contributed by atoms with Gasteiger partial charge < -0.3 is 5.32 Å². The van der Waals surface area contributed by atoms with Gasteiger partial charge in [0.1, 0.15) is 0 Å². The monoisotopic (exact) mass is 309 g/mol. The summed E-state index contributed by atoms with van der Waals surface area (Å²) < 4.78 is 38.7. The number of anilines is 1. The van der Waals surface area contributed by atoms with Gasteiger partial charge in [-0.15, -0.1) is 0 Å². The van der Waals surface area contributed by atoms with Crippen LogP contribution >= 0.6 is 11.3 Å². The maximum atomic E-state index is 12.6. The Morgan fingerprint density at radius 2 is 2.05 bits per heavy atom. The van der Waals surface area contributed by atoms with Crippen LogP contribution in [0.4, 0.5) is 18.3 Å². The Bertz CT molecular complexity index is 753. The number of halogens is 3. The molecule has 0 radical (unpaired) electrons. The van der Waals surface area contributed by atoms with E-state index in [1.54, 1.807) is 12.4 Å². The van der Waals surface area contributed by atoms with E-state index in [2.05, 4.69) is 15.3 Å². The van der Waals surface area contributed by atoms with Crippen LogP contribution in [0.2, 0.25) is 0 Å². The van der Waals surface area contributed by atoms with Gasteiger partial charge in [-0.05, 0) is 29.8 Å². The van der Waals surface area contributed by atoms with Crippen molar-refractivity contribution in [1.82, 2.24) is 9.97 Å². The summed E-state index contributed by atoms with van der Waals surface area (Å²) in [4.78, 5) is 8.19. The molecule has 0 aliphatic rings. The molecule has 21 heavy (non-hydrogen) atoms. The summed E-state index contributed by atoms with van der Waals surface area (Å²) >= 11 is 1.33. The predicted octanol–water partition coefficient (Wildman–Crippen LogP) is 4.32. The minimum Gasteiger partial charge on any atom is -0.357 e. The molecule has 0 saturated carbocycles. The van der Waals surface area contributed by atoms with Gasteiger partial charge in [-0.1, -0.05) is 17.4 Å². The van der Waals surface area contributed by atoms with Gasteiger partial charge in [0.2, 0.25) is 0 Å². The maximum absolute atomic E-state index is 12.6. The zero-order chi connectivity index (χ0) is 14.9. The highest BCUT2D eigenvalue weighted by Crippen LogP contribution is 2.34. The lowest BCUT2D eigenvalue weighted by Gasteiger charge is -2.04. The van der Waals surface area contributed by atoms with E-state index in [0.717, 1.165) is 22.4 Å². The second kappa shape index (κ2) is 5.33. The van der Waals surface area contributed by atoms with E-state index >= 15 is 0 Å². The largest absolute Gasteiger partial charge is 0.416 e. The molecule has 108 valence electrons. The fourth-order valence-corrected chi connectivity index (χ4v) is 2.70. The Kier molecular flexibility index (Phi) is 3.50. The van der Waals surface area contributed by atoms with Gasteiger partial charge in [0.25, 0.3) is 0 Å². The van der Waals surface area contributed by atoms with Gasteiger partial charge in [-0.25, -0.2) is 4.98 Å². The molecule has 3 aromatic rings. The van der Waals surface area contributed by atoms with E-state index in [1.165, 1.54) is 17.4 Å². The van der Waals surface area contributed by atoms with E-state index in [9.17, 15) is 13.2 Å². The zero-order valence-electron chi connectivity index (χ0n) is 10.7. The Labute approximate surface area is 122 Å². The molecule has 0 bridgehead atoms. The van der Waals surface area contributed by atoms with Crippen LogP contribution in [0.3, 0.4) is 0 Å². The molecule has 0 aliphatic carbocycles. The van der Waals surface area contributed by atoms with Crippen molar-refractivity contribution in [3.63, 3.8) is 0 Å². The van der Waals surface area contributed by atoms with E-state index in [0.29, 0.717) is 17.2 Å². The molecule has 3 nitrogen and oxygen atoms in total. The third-order valence-electron chi connectivity index (χ3n) is 2.88. The van der Waals surface area contributed by atoms with Crippen LogP contribution < -0.4 is 5.32 Å². The van der Waals surface area contributed by atoms with Crippen LogP contribution in [-0.2, 0) is 12.7 Å². The first-order valence-corrected chi connectivity index (χ1v) is 6.94. The lowest BCUT2D eigenvalue weighted by Crippen LogP contribution is -2.04. The SMILES string of the molecule is FC(F)(F)c1ccc2sc(NCc3cccnc3)nc2c1. The van der Waals surface area contributed by atoms with Gasteiger partial charge in [-0.2, -0.15) is 13.2 Å². The first kappa shape index (κ1) is 13.8. The van der Waals surface area contributed by atoms with E-state index in [1.807, 2.05) is 12.1 Å². The number of rotatable bonds is 3. The van der Waals surface area contributed by atoms with Crippen molar-refractivity contribution >= 4 is 26.7 Å². The number of thiazole rings is 1. The third kappa shape index (κ3) is 3.13. The van der Waals surface area contributed by atoms with Crippen molar-refractivity contribution in [2.24, 2.45) is 0 Å². The number of hydrogen-bond donors (Lipinski definition) is 1. The van der Waals surface area contributed by atoms with E-state index < -0.39 is 11.7 Å². The number of fused-ring (bicyclic) bond motifs is 1. The second-order valence-corrected chi connectivity index (χ2v) is 5.44. The number of nitrogens with one attached hydrogen (secondary N) is 1. The van der Waals surface area contributed by atoms with Gasteiger partial charge in [0.15, 0.2) is 5.13 Å². The number of nitrogens with zero attached hydrogens (tertiary/aromatic N) is 2. The van der Waals surface area contributed by atoms with Crippen molar-refractivity contribution in [1.29, 1.82) is 0 Å². The van der Waals surface area contributed by atoms with Gasteiger partial charge in [0.05, 0.1) is 15.8 Å². The van der Waals surface area contributed by atoms with Gasteiger partial charge in [0, 0.05) is 18.9 Å². The van der Waals surface area contributed by atoms with Gasteiger partial charge >= 0.3 is 6.18 Å². The minimum absolute atomic E-state index is 0.350. The smallest absolute Gasteiger partial charge is 0.357 e. The molecule has 0 aliphatic heterocycles. The van der Waals surface area contributed by atoms with Crippen molar-refractivity contribution in [3.05, 3.63) is 53.9 Å². The normalized spacial score (nSPS) is 11.8. The molecule has 3 rings (SSSR count). The van der Waals surface area contributed by atoms with Crippen LogP contribution in [0.5, 0.6) is 0 Å². The Balaban J connectivity index is 1.81. The highest BCUT2D eigenvalue weighted by molar-refractivity contribution is 7.22. The average molecular weight is 309 g/mol. The molecule has 1 aromatic carbocycles. The molecule has 2 heterocycles. The van der Waals surface area contributed by atoms with Crippen molar-refractivity contribution in [2.45, 2.75) is 12.7 Å². The lowest BCUT2D eigenvalue weighted by molar-refractivity contribution is -0.137. The van der Waals surface area contributed by atoms with Crippen LogP contribution in [0.15, 0.2) is 42.7 Å². The second-order valence-electron chi connectivity index (χ2n) is 4.41. The number of hydrogen-bond acceptors (Lipinski definition) is 4. The van der Waals surface area contributed by atoms with Crippen LogP contribution in [0.25, 0.3) is 10.2 Å².